The van der Waals surface area contributed by atoms with Crippen molar-refractivity contribution >= 4 is 16.9 Å². The fourth-order valence-corrected chi connectivity index (χ4v) is 3.43. The first kappa shape index (κ1) is 18.7. The van der Waals surface area contributed by atoms with Crippen molar-refractivity contribution in [3.63, 3.8) is 0 Å². The van der Waals surface area contributed by atoms with E-state index in [1.165, 1.54) is 0 Å². The van der Waals surface area contributed by atoms with Crippen LogP contribution < -0.4 is 10.1 Å². The molecule has 0 spiro atoms. The highest BCUT2D eigenvalue weighted by molar-refractivity contribution is 6.07. The van der Waals surface area contributed by atoms with Crippen LogP contribution in [0.15, 0.2) is 60.7 Å². The Labute approximate surface area is 169 Å². The van der Waals surface area contributed by atoms with Gasteiger partial charge >= 0.3 is 0 Å². The van der Waals surface area contributed by atoms with Crippen molar-refractivity contribution in [2.24, 2.45) is 7.05 Å². The summed E-state index contributed by atoms with van der Waals surface area (Å²) >= 11 is 0. The van der Waals surface area contributed by atoms with Gasteiger partial charge in [0.05, 0.1) is 29.4 Å². The van der Waals surface area contributed by atoms with Crippen LogP contribution in [0.3, 0.4) is 0 Å². The van der Waals surface area contributed by atoms with Crippen LogP contribution in [-0.4, -0.2) is 27.8 Å². The molecular weight excluding hydrogens is 364 g/mol. The third kappa shape index (κ3) is 3.69. The Balaban J connectivity index is 1.78. The summed E-state index contributed by atoms with van der Waals surface area (Å²) in [5.74, 6) is 0.585. The second kappa shape index (κ2) is 7.75. The van der Waals surface area contributed by atoms with Gasteiger partial charge < -0.3 is 10.1 Å². The number of nitrogens with zero attached hydrogens (tertiary/aromatic N) is 3. The zero-order valence-corrected chi connectivity index (χ0v) is 16.6. The van der Waals surface area contributed by atoms with Crippen LogP contribution in [0.1, 0.15) is 21.6 Å². The van der Waals surface area contributed by atoms with Gasteiger partial charge in [-0.25, -0.2) is 4.98 Å². The van der Waals surface area contributed by atoms with Gasteiger partial charge in [-0.2, -0.15) is 5.10 Å². The molecule has 4 rings (SSSR count). The number of carbonyl (C=O) groups excluding carboxylic acids is 1. The molecule has 0 atom stereocenters. The molecule has 6 nitrogen and oxygen atoms in total. The SMILES string of the molecule is COc1cccc(-c2cc(C(=O)NCc3ccccc3)c3c(C)nn(C)c3n2)c1. The first-order valence-corrected chi connectivity index (χ1v) is 9.37. The van der Waals surface area contributed by atoms with Crippen LogP contribution in [-0.2, 0) is 13.6 Å². The topological polar surface area (TPSA) is 69.0 Å². The maximum absolute atomic E-state index is 13.1. The molecule has 1 amide bonds. The number of amides is 1. The van der Waals surface area contributed by atoms with E-state index in [0.29, 0.717) is 23.4 Å². The van der Waals surface area contributed by atoms with Gasteiger partial charge in [-0.1, -0.05) is 42.5 Å². The summed E-state index contributed by atoms with van der Waals surface area (Å²) in [5.41, 5.74) is 4.63. The zero-order chi connectivity index (χ0) is 20.4. The Morgan fingerprint density at radius 3 is 2.66 bits per heavy atom. The summed E-state index contributed by atoms with van der Waals surface area (Å²) < 4.78 is 7.04. The van der Waals surface area contributed by atoms with E-state index in [1.807, 2.05) is 74.6 Å². The number of ether oxygens (including phenoxy) is 1. The Hall–Kier alpha value is -3.67. The minimum Gasteiger partial charge on any atom is -0.497 e. The van der Waals surface area contributed by atoms with Crippen molar-refractivity contribution in [2.75, 3.05) is 7.11 Å². The lowest BCUT2D eigenvalue weighted by Crippen LogP contribution is -2.23. The number of nitrogens with one attached hydrogen (secondary N) is 1. The number of aromatic nitrogens is 3. The Morgan fingerprint density at radius 1 is 1.10 bits per heavy atom. The number of pyridine rings is 1. The molecule has 0 unspecified atom stereocenters. The van der Waals surface area contributed by atoms with Crippen molar-refractivity contribution < 1.29 is 9.53 Å². The molecule has 0 saturated heterocycles. The van der Waals surface area contributed by atoms with E-state index in [0.717, 1.165) is 28.0 Å². The van der Waals surface area contributed by atoms with Crippen LogP contribution in [0.5, 0.6) is 5.75 Å². The van der Waals surface area contributed by atoms with Crippen LogP contribution in [0.25, 0.3) is 22.3 Å². The number of benzene rings is 2. The molecule has 6 heteroatoms. The zero-order valence-electron chi connectivity index (χ0n) is 16.6. The second-order valence-corrected chi connectivity index (χ2v) is 6.86. The Bertz CT molecular complexity index is 1180. The average Bonchev–Trinajstić information content (AvgIpc) is 3.05. The van der Waals surface area contributed by atoms with E-state index in [1.54, 1.807) is 11.8 Å². The minimum absolute atomic E-state index is 0.151. The van der Waals surface area contributed by atoms with Crippen molar-refractivity contribution in [1.29, 1.82) is 0 Å². The molecule has 1 N–H and O–H groups in total. The maximum atomic E-state index is 13.1. The highest BCUT2D eigenvalue weighted by Gasteiger charge is 2.19. The van der Waals surface area contributed by atoms with Gasteiger partial charge in [0.25, 0.3) is 5.91 Å². The highest BCUT2D eigenvalue weighted by Crippen LogP contribution is 2.28. The standard InChI is InChI=1S/C23H22N4O2/c1-15-21-19(23(28)24-14-16-8-5-4-6-9-16)13-20(25-22(21)27(2)26-15)17-10-7-11-18(12-17)29-3/h4-13H,14H2,1-3H3,(H,24,28). The molecule has 0 aliphatic rings. The molecule has 29 heavy (non-hydrogen) atoms. The second-order valence-electron chi connectivity index (χ2n) is 6.86. The van der Waals surface area contributed by atoms with Gasteiger partial charge in [-0.15, -0.1) is 0 Å². The van der Waals surface area contributed by atoms with Gasteiger partial charge in [0.15, 0.2) is 5.65 Å². The molecule has 4 aromatic rings. The quantitative estimate of drug-likeness (QED) is 0.565. The van der Waals surface area contributed by atoms with Gasteiger partial charge in [0.1, 0.15) is 5.75 Å². The van der Waals surface area contributed by atoms with E-state index in [-0.39, 0.29) is 5.91 Å². The number of carbonyl (C=O) groups is 1. The van der Waals surface area contributed by atoms with E-state index < -0.39 is 0 Å². The van der Waals surface area contributed by atoms with Gasteiger partial charge in [0.2, 0.25) is 0 Å². The first-order chi connectivity index (χ1) is 14.1. The van der Waals surface area contributed by atoms with E-state index in [2.05, 4.69) is 10.4 Å². The maximum Gasteiger partial charge on any atom is 0.252 e. The van der Waals surface area contributed by atoms with Crippen molar-refractivity contribution in [1.82, 2.24) is 20.1 Å². The molecule has 0 aliphatic heterocycles. The molecular formula is C23H22N4O2. The summed E-state index contributed by atoms with van der Waals surface area (Å²) in [6, 6.07) is 19.3. The monoisotopic (exact) mass is 386 g/mol. The normalized spacial score (nSPS) is 10.9. The Morgan fingerprint density at radius 2 is 1.90 bits per heavy atom. The van der Waals surface area contributed by atoms with Crippen molar-refractivity contribution in [2.45, 2.75) is 13.5 Å². The number of methoxy groups -OCH3 is 1. The fourth-order valence-electron chi connectivity index (χ4n) is 3.43. The predicted octanol–water partition coefficient (Wildman–Crippen LogP) is 3.88. The first-order valence-electron chi connectivity index (χ1n) is 9.37. The summed E-state index contributed by atoms with van der Waals surface area (Å²) in [6.45, 7) is 2.35. The molecule has 2 aromatic heterocycles. The molecule has 0 radical (unpaired) electrons. The van der Waals surface area contributed by atoms with Crippen LogP contribution in [0, 0.1) is 6.92 Å². The minimum atomic E-state index is -0.151. The van der Waals surface area contributed by atoms with Gasteiger partial charge in [-0.3, -0.25) is 9.48 Å². The molecule has 0 saturated carbocycles. The molecule has 0 bridgehead atoms. The third-order valence-corrected chi connectivity index (χ3v) is 4.87. The van der Waals surface area contributed by atoms with Crippen molar-refractivity contribution in [3.05, 3.63) is 77.5 Å². The Kier molecular flexibility index (Phi) is 4.99. The summed E-state index contributed by atoms with van der Waals surface area (Å²) in [4.78, 5) is 17.9. The van der Waals surface area contributed by atoms with Crippen LogP contribution in [0.4, 0.5) is 0 Å². The van der Waals surface area contributed by atoms with Crippen LogP contribution in [0.2, 0.25) is 0 Å². The molecule has 0 aliphatic carbocycles. The van der Waals surface area contributed by atoms with Crippen LogP contribution >= 0.6 is 0 Å². The highest BCUT2D eigenvalue weighted by atomic mass is 16.5. The number of hydrogen-bond donors (Lipinski definition) is 1. The molecule has 2 aromatic carbocycles. The summed E-state index contributed by atoms with van der Waals surface area (Å²) in [7, 11) is 3.46. The molecule has 2 heterocycles. The number of hydrogen-bond acceptors (Lipinski definition) is 4. The fraction of sp³-hybridized carbons (Fsp3) is 0.174. The summed E-state index contributed by atoms with van der Waals surface area (Å²) in [5, 5.41) is 8.25. The predicted molar refractivity (Wildman–Crippen MR) is 113 cm³/mol. The van der Waals surface area contributed by atoms with E-state index in [4.69, 9.17) is 9.72 Å². The molecule has 0 fully saturated rings. The van der Waals surface area contributed by atoms with Gasteiger partial charge in [0, 0.05) is 19.2 Å². The lowest BCUT2D eigenvalue weighted by atomic mass is 10.0. The average molecular weight is 386 g/mol. The van der Waals surface area contributed by atoms with E-state index >= 15 is 0 Å². The molecule has 146 valence electrons. The van der Waals surface area contributed by atoms with Gasteiger partial charge in [-0.05, 0) is 30.7 Å². The van der Waals surface area contributed by atoms with Crippen molar-refractivity contribution in [3.8, 4) is 17.0 Å². The number of rotatable bonds is 5. The lowest BCUT2D eigenvalue weighted by Gasteiger charge is -2.10. The number of aryl methyl sites for hydroxylation is 2. The lowest BCUT2D eigenvalue weighted by molar-refractivity contribution is 0.0952. The number of fused-ring (bicyclic) bond motifs is 1. The largest absolute Gasteiger partial charge is 0.497 e. The smallest absolute Gasteiger partial charge is 0.252 e. The third-order valence-electron chi connectivity index (χ3n) is 4.87. The van der Waals surface area contributed by atoms with E-state index in [9.17, 15) is 4.79 Å². The summed E-state index contributed by atoms with van der Waals surface area (Å²) in [6.07, 6.45) is 0.